The van der Waals surface area contributed by atoms with Crippen LogP contribution < -0.4 is 41.5 Å². The van der Waals surface area contributed by atoms with Gasteiger partial charge in [0.2, 0.25) is 0 Å². The minimum Gasteiger partial charge on any atom is -0.449 e. The number of pyridine rings is 1. The maximum atomic E-state index is 6.94. The summed E-state index contributed by atoms with van der Waals surface area (Å²) < 4.78 is 6.94. The molecule has 0 fully saturated rings. The molecule has 6 aromatic carbocycles. The fourth-order valence-electron chi connectivity index (χ4n) is 5.85. The number of hydrogen-bond donors (Lipinski definition) is 0. The Labute approximate surface area is 301 Å². The van der Waals surface area contributed by atoms with E-state index >= 15 is 0 Å². The molecule has 0 saturated heterocycles. The molecule has 8 aromatic rings. The van der Waals surface area contributed by atoms with E-state index in [1.54, 1.807) is 12.4 Å². The number of rotatable bonds is 8. The first-order valence-corrected chi connectivity index (χ1v) is 19.0. The molecule has 0 amide bonds. The van der Waals surface area contributed by atoms with Gasteiger partial charge in [0.25, 0.3) is 0 Å². The quantitative estimate of drug-likeness (QED) is 0.120. The van der Waals surface area contributed by atoms with Gasteiger partial charge in [0.1, 0.15) is 47.7 Å². The Morgan fingerprint density at radius 3 is 1.20 bits per heavy atom. The second-order valence-electron chi connectivity index (χ2n) is 11.2. The predicted octanol–water partition coefficient (Wildman–Crippen LogP) is 7.65. The van der Waals surface area contributed by atoms with Crippen molar-refractivity contribution in [2.45, 2.75) is 0 Å². The minimum absolute atomic E-state index is 0. The minimum atomic E-state index is -1.28. The number of para-hydroxylation sites is 2. The van der Waals surface area contributed by atoms with Gasteiger partial charge < -0.3 is 14.7 Å². The Balaban J connectivity index is 0.000000359. The average molecular weight is 721 g/mol. The van der Waals surface area contributed by atoms with Crippen molar-refractivity contribution in [3.05, 3.63) is 200 Å². The fraction of sp³-hybridized carbons (Fsp3) is 0. The molecule has 3 nitrogen and oxygen atoms in total. The Kier molecular flexibility index (Phi) is 11.8. The molecule has 0 aliphatic carbocycles. The van der Waals surface area contributed by atoms with Crippen molar-refractivity contribution in [2.75, 3.05) is 0 Å². The smallest absolute Gasteiger partial charge is 0.449 e. The molecule has 0 aliphatic rings. The summed E-state index contributed by atoms with van der Waals surface area (Å²) in [6.07, 6.45) is 3.51. The van der Waals surface area contributed by atoms with E-state index in [2.05, 4.69) is 180 Å². The van der Waals surface area contributed by atoms with Crippen molar-refractivity contribution in [3.8, 4) is 11.5 Å². The third-order valence-corrected chi connectivity index (χ3v) is 13.6. The molecule has 242 valence electrons. The molecule has 0 aliphatic heterocycles. The number of aromatic nitrogens is 2. The first kappa shape index (κ1) is 34.1. The van der Waals surface area contributed by atoms with E-state index in [-0.39, 0.29) is 17.1 Å². The molecule has 2 heterocycles. The molecule has 8 rings (SSSR count). The summed E-state index contributed by atoms with van der Waals surface area (Å²) in [5.41, 5.74) is 0.831. The van der Waals surface area contributed by atoms with E-state index in [4.69, 9.17) is 4.74 Å². The molecule has 49 heavy (non-hydrogen) atoms. The van der Waals surface area contributed by atoms with E-state index < -0.39 is 15.8 Å². The van der Waals surface area contributed by atoms with Crippen LogP contribution >= 0.6 is 15.8 Å². The zero-order chi connectivity index (χ0) is 32.4. The van der Waals surface area contributed by atoms with Gasteiger partial charge in [0.05, 0.1) is 0 Å². The van der Waals surface area contributed by atoms with Gasteiger partial charge in [0, 0.05) is 0 Å². The van der Waals surface area contributed by atoms with Crippen molar-refractivity contribution in [2.24, 2.45) is 0 Å². The molecule has 0 N–H and O–H groups in total. The standard InChI is InChI=1S/C36H28OP2.C7H5N2.Cu/c1-5-17-29(18-6-1)38(30-19-7-2-8-20-30)35-27-15-13-25-33(35)37-34-26-14-16-28-36(34)39(31-21-9-3-10-22-31)32-23-11-4-12-24-32;1-2-6-3-5-9-7(6)8-4-1;/h1-28H;1-5H;/q;-1;+1/p+2. The second-order valence-corrected chi connectivity index (χ2v) is 16.1. The normalized spacial score (nSPS) is 10.7. The van der Waals surface area contributed by atoms with Gasteiger partial charge in [0.15, 0.2) is 11.5 Å². The maximum absolute atomic E-state index is 6.94. The molecule has 6 heteroatoms. The molecular weight excluding hydrogens is 686 g/mol. The van der Waals surface area contributed by atoms with Crippen molar-refractivity contribution in [3.63, 3.8) is 0 Å². The van der Waals surface area contributed by atoms with E-state index in [1.807, 2.05) is 18.2 Å². The molecule has 0 atom stereocenters. The van der Waals surface area contributed by atoms with Crippen LogP contribution in [0.15, 0.2) is 200 Å². The average Bonchev–Trinajstić information content (AvgIpc) is 3.65. The largest absolute Gasteiger partial charge is 1.00 e. The molecule has 0 bridgehead atoms. The number of benzene rings is 6. The van der Waals surface area contributed by atoms with Gasteiger partial charge >= 0.3 is 17.1 Å². The summed E-state index contributed by atoms with van der Waals surface area (Å²) >= 11 is 0. The molecule has 0 unspecified atom stereocenters. The number of hydrogen-bond acceptors (Lipinski definition) is 2. The Hall–Kier alpha value is -4.81. The van der Waals surface area contributed by atoms with Crippen molar-refractivity contribution >= 4 is 58.7 Å². The first-order valence-electron chi connectivity index (χ1n) is 16.0. The van der Waals surface area contributed by atoms with Gasteiger partial charge in [-0.25, -0.2) is 0 Å². The van der Waals surface area contributed by atoms with Crippen LogP contribution in [0, 0.1) is 0 Å². The van der Waals surface area contributed by atoms with Gasteiger partial charge in [-0.05, 0) is 78.2 Å². The van der Waals surface area contributed by atoms with Gasteiger partial charge in [-0.15, -0.1) is 0 Å². The van der Waals surface area contributed by atoms with Crippen LogP contribution in [0.5, 0.6) is 11.5 Å². The van der Waals surface area contributed by atoms with Crippen LogP contribution in [0.25, 0.3) is 11.0 Å². The summed E-state index contributed by atoms with van der Waals surface area (Å²) in [5, 5.41) is 8.99. The predicted molar refractivity (Wildman–Crippen MR) is 208 cm³/mol. The Morgan fingerprint density at radius 1 is 0.408 bits per heavy atom. The summed E-state index contributed by atoms with van der Waals surface area (Å²) in [7, 11) is -2.56. The van der Waals surface area contributed by atoms with Crippen LogP contribution in [0.1, 0.15) is 0 Å². The number of ether oxygens (including phenoxy) is 1. The van der Waals surface area contributed by atoms with E-state index in [1.165, 1.54) is 31.8 Å². The molecule has 0 saturated carbocycles. The molecular formula is C43H35CuN2OP2+2. The third kappa shape index (κ3) is 8.26. The third-order valence-electron chi connectivity index (χ3n) is 8.05. The van der Waals surface area contributed by atoms with Crippen LogP contribution in [0.4, 0.5) is 0 Å². The number of fused-ring (bicyclic) bond motifs is 1. The van der Waals surface area contributed by atoms with Crippen LogP contribution in [-0.4, -0.2) is 4.98 Å². The SMILES string of the molecule is [Cu+].c1ccc([PH+](c2ccccc2)c2ccccc2Oc2ccccc2[PH+](c2ccccc2)c2ccccc2)cc1.c1cnc2[n-]ccc2c1. The Bertz CT molecular complexity index is 1950. The molecule has 0 radical (unpaired) electrons. The van der Waals surface area contributed by atoms with Crippen molar-refractivity contribution in [1.29, 1.82) is 0 Å². The van der Waals surface area contributed by atoms with Gasteiger partial charge in [-0.2, -0.15) is 0 Å². The van der Waals surface area contributed by atoms with Crippen molar-refractivity contribution in [1.82, 2.24) is 9.97 Å². The van der Waals surface area contributed by atoms with Gasteiger partial charge in [-0.3, -0.25) is 0 Å². The summed E-state index contributed by atoms with van der Waals surface area (Å²) in [5.74, 6) is 1.85. The van der Waals surface area contributed by atoms with E-state index in [0.717, 1.165) is 22.5 Å². The monoisotopic (exact) mass is 720 g/mol. The summed E-state index contributed by atoms with van der Waals surface area (Å²) in [6.45, 7) is 0. The van der Waals surface area contributed by atoms with Crippen molar-refractivity contribution < 1.29 is 21.8 Å². The maximum Gasteiger partial charge on any atom is 1.00 e. The zero-order valence-electron chi connectivity index (χ0n) is 26.7. The summed E-state index contributed by atoms with van der Waals surface area (Å²) in [4.78, 5) is 8.04. The van der Waals surface area contributed by atoms with Crippen LogP contribution in [-0.2, 0) is 17.1 Å². The second kappa shape index (κ2) is 17.0. The van der Waals surface area contributed by atoms with E-state index in [9.17, 15) is 0 Å². The van der Waals surface area contributed by atoms with Crippen LogP contribution in [0.3, 0.4) is 0 Å². The molecule has 0 spiro atoms. The number of nitrogens with zero attached hydrogens (tertiary/aromatic N) is 2. The van der Waals surface area contributed by atoms with Crippen LogP contribution in [0.2, 0.25) is 0 Å². The topological polar surface area (TPSA) is 36.2 Å². The Morgan fingerprint density at radius 2 is 0.796 bits per heavy atom. The van der Waals surface area contributed by atoms with E-state index in [0.29, 0.717) is 0 Å². The zero-order valence-corrected chi connectivity index (χ0v) is 29.6. The first-order chi connectivity index (χ1) is 23.8. The van der Waals surface area contributed by atoms with Gasteiger partial charge in [-0.1, -0.05) is 133 Å². The fourth-order valence-corrected chi connectivity index (χ4v) is 11.2. The summed E-state index contributed by atoms with van der Waals surface area (Å²) in [6, 6.07) is 66.4. The molecule has 2 aromatic heterocycles.